The number of aliphatic hydroxyl groups is 1. The van der Waals surface area contributed by atoms with Gasteiger partial charge in [0.15, 0.2) is 0 Å². The fourth-order valence-electron chi connectivity index (χ4n) is 2.44. The third-order valence-corrected chi connectivity index (χ3v) is 4.33. The molecule has 1 aliphatic rings. The molecule has 90 valence electrons. The monoisotopic (exact) mass is 240 g/mol. The summed E-state index contributed by atoms with van der Waals surface area (Å²) in [5, 5.41) is 12.3. The summed E-state index contributed by atoms with van der Waals surface area (Å²) in [6.45, 7) is 1.33. The molecule has 1 saturated carbocycles. The number of thiazole rings is 1. The number of rotatable bonds is 4. The van der Waals surface area contributed by atoms with E-state index in [2.05, 4.69) is 16.9 Å². The zero-order valence-electron chi connectivity index (χ0n) is 9.80. The summed E-state index contributed by atoms with van der Waals surface area (Å²) in [5.41, 5.74) is 0. The van der Waals surface area contributed by atoms with E-state index in [9.17, 15) is 0 Å². The Kier molecular flexibility index (Phi) is 4.32. The lowest BCUT2D eigenvalue weighted by molar-refractivity contribution is 0.124. The van der Waals surface area contributed by atoms with Crippen molar-refractivity contribution in [3.8, 4) is 0 Å². The van der Waals surface area contributed by atoms with Crippen LogP contribution in [0.5, 0.6) is 0 Å². The zero-order chi connectivity index (χ0) is 11.4. The molecule has 1 aliphatic carbocycles. The summed E-state index contributed by atoms with van der Waals surface area (Å²) in [5.74, 6) is 0.546. The van der Waals surface area contributed by atoms with E-state index in [1.165, 1.54) is 30.7 Å². The van der Waals surface area contributed by atoms with Crippen molar-refractivity contribution >= 4 is 11.3 Å². The average Bonchev–Trinajstić information content (AvgIpc) is 2.82. The molecule has 4 heteroatoms. The maximum atomic E-state index is 9.10. The zero-order valence-corrected chi connectivity index (χ0v) is 10.6. The molecule has 1 fully saturated rings. The smallest absolute Gasteiger partial charge is 0.107 e. The first-order chi connectivity index (χ1) is 7.79. The van der Waals surface area contributed by atoms with E-state index in [1.54, 1.807) is 11.3 Å². The van der Waals surface area contributed by atoms with Crippen LogP contribution in [-0.2, 0) is 6.54 Å². The molecule has 2 rings (SSSR count). The first-order valence-electron chi connectivity index (χ1n) is 5.99. The van der Waals surface area contributed by atoms with Crippen LogP contribution in [0, 0.1) is 5.92 Å². The number of hydrogen-bond acceptors (Lipinski definition) is 4. The molecular weight excluding hydrogens is 220 g/mol. The van der Waals surface area contributed by atoms with Crippen molar-refractivity contribution in [1.82, 2.24) is 9.88 Å². The summed E-state index contributed by atoms with van der Waals surface area (Å²) in [6, 6.07) is 0.673. The SMILES string of the molecule is CN(Cc1nccs1)C1CCC(CO)CC1. The van der Waals surface area contributed by atoms with E-state index >= 15 is 0 Å². The molecule has 1 N–H and O–H groups in total. The van der Waals surface area contributed by atoms with Gasteiger partial charge in [0.2, 0.25) is 0 Å². The fraction of sp³-hybridized carbons (Fsp3) is 0.750. The van der Waals surface area contributed by atoms with Gasteiger partial charge >= 0.3 is 0 Å². The fourth-order valence-corrected chi connectivity index (χ4v) is 3.12. The maximum absolute atomic E-state index is 9.10. The first kappa shape index (κ1) is 12.0. The van der Waals surface area contributed by atoms with Crippen LogP contribution in [0.3, 0.4) is 0 Å². The van der Waals surface area contributed by atoms with Crippen molar-refractivity contribution in [2.24, 2.45) is 5.92 Å². The van der Waals surface area contributed by atoms with Crippen LogP contribution in [0.25, 0.3) is 0 Å². The van der Waals surface area contributed by atoms with Gasteiger partial charge in [-0.25, -0.2) is 4.98 Å². The molecule has 0 spiro atoms. The lowest BCUT2D eigenvalue weighted by Gasteiger charge is -2.33. The molecule has 1 heterocycles. The van der Waals surface area contributed by atoms with Gasteiger partial charge in [-0.1, -0.05) is 0 Å². The van der Waals surface area contributed by atoms with Gasteiger partial charge in [-0.15, -0.1) is 11.3 Å². The van der Waals surface area contributed by atoms with Gasteiger partial charge in [0.1, 0.15) is 5.01 Å². The molecule has 16 heavy (non-hydrogen) atoms. The molecule has 0 bridgehead atoms. The van der Waals surface area contributed by atoms with E-state index in [4.69, 9.17) is 5.11 Å². The highest BCUT2D eigenvalue weighted by molar-refractivity contribution is 7.09. The normalized spacial score (nSPS) is 26.2. The number of aromatic nitrogens is 1. The van der Waals surface area contributed by atoms with Crippen LogP contribution in [0.4, 0.5) is 0 Å². The van der Waals surface area contributed by atoms with E-state index in [-0.39, 0.29) is 0 Å². The van der Waals surface area contributed by atoms with Crippen molar-refractivity contribution < 1.29 is 5.11 Å². The molecule has 3 nitrogen and oxygen atoms in total. The Hall–Kier alpha value is -0.450. The van der Waals surface area contributed by atoms with Gasteiger partial charge in [-0.2, -0.15) is 0 Å². The highest BCUT2D eigenvalue weighted by Gasteiger charge is 2.23. The Labute approximate surface area is 101 Å². The third-order valence-electron chi connectivity index (χ3n) is 3.57. The third kappa shape index (κ3) is 3.03. The summed E-state index contributed by atoms with van der Waals surface area (Å²) >= 11 is 1.73. The predicted octanol–water partition coefficient (Wildman–Crippen LogP) is 2.13. The van der Waals surface area contributed by atoms with Gasteiger partial charge < -0.3 is 5.11 Å². The van der Waals surface area contributed by atoms with Gasteiger partial charge in [0.25, 0.3) is 0 Å². The second-order valence-electron chi connectivity index (χ2n) is 4.70. The van der Waals surface area contributed by atoms with Crippen molar-refractivity contribution in [2.75, 3.05) is 13.7 Å². The summed E-state index contributed by atoms with van der Waals surface area (Å²) in [4.78, 5) is 6.73. The summed E-state index contributed by atoms with van der Waals surface area (Å²) in [7, 11) is 2.19. The first-order valence-corrected chi connectivity index (χ1v) is 6.87. The summed E-state index contributed by atoms with van der Waals surface area (Å²) in [6.07, 6.45) is 6.64. The molecule has 0 unspecified atom stereocenters. The highest BCUT2D eigenvalue weighted by atomic mass is 32.1. The van der Waals surface area contributed by atoms with Crippen LogP contribution in [0.2, 0.25) is 0 Å². The largest absolute Gasteiger partial charge is 0.396 e. The van der Waals surface area contributed by atoms with Crippen molar-refractivity contribution in [3.63, 3.8) is 0 Å². The van der Waals surface area contributed by atoms with Crippen molar-refractivity contribution in [1.29, 1.82) is 0 Å². The van der Waals surface area contributed by atoms with Crippen LogP contribution in [0.15, 0.2) is 11.6 Å². The minimum Gasteiger partial charge on any atom is -0.396 e. The van der Waals surface area contributed by atoms with Crippen molar-refractivity contribution in [3.05, 3.63) is 16.6 Å². The Morgan fingerprint density at radius 2 is 2.19 bits per heavy atom. The Bertz CT molecular complexity index is 294. The van der Waals surface area contributed by atoms with Gasteiger partial charge in [0, 0.05) is 24.2 Å². The van der Waals surface area contributed by atoms with Crippen LogP contribution in [-0.4, -0.2) is 34.7 Å². The summed E-state index contributed by atoms with van der Waals surface area (Å²) < 4.78 is 0. The molecular formula is C12H20N2OS. The van der Waals surface area contributed by atoms with E-state index < -0.39 is 0 Å². The molecule has 0 radical (unpaired) electrons. The number of aliphatic hydroxyl groups excluding tert-OH is 1. The quantitative estimate of drug-likeness (QED) is 0.876. The standard InChI is InChI=1S/C12H20N2OS/c1-14(8-12-13-6-7-16-12)11-4-2-10(9-15)3-5-11/h6-7,10-11,15H,2-5,8-9H2,1H3. The van der Waals surface area contributed by atoms with E-state index in [0.29, 0.717) is 18.6 Å². The average molecular weight is 240 g/mol. The van der Waals surface area contributed by atoms with Gasteiger partial charge in [-0.05, 0) is 38.6 Å². The Balaban J connectivity index is 1.80. The second kappa shape index (κ2) is 5.75. The van der Waals surface area contributed by atoms with Gasteiger partial charge in [0.05, 0.1) is 6.54 Å². The maximum Gasteiger partial charge on any atom is 0.107 e. The minimum absolute atomic E-state index is 0.364. The van der Waals surface area contributed by atoms with Crippen molar-refractivity contribution in [2.45, 2.75) is 38.3 Å². The van der Waals surface area contributed by atoms with Crippen LogP contribution < -0.4 is 0 Å². The van der Waals surface area contributed by atoms with Gasteiger partial charge in [-0.3, -0.25) is 4.90 Å². The number of nitrogens with zero attached hydrogens (tertiary/aromatic N) is 2. The predicted molar refractivity (Wildman–Crippen MR) is 66.4 cm³/mol. The topological polar surface area (TPSA) is 36.4 Å². The number of hydrogen-bond donors (Lipinski definition) is 1. The minimum atomic E-state index is 0.364. The molecule has 0 aliphatic heterocycles. The molecule has 0 amide bonds. The molecule has 1 aromatic heterocycles. The van der Waals surface area contributed by atoms with Crippen LogP contribution >= 0.6 is 11.3 Å². The second-order valence-corrected chi connectivity index (χ2v) is 5.68. The lowest BCUT2D eigenvalue weighted by Crippen LogP contribution is -2.35. The molecule has 0 atom stereocenters. The molecule has 1 aromatic rings. The van der Waals surface area contributed by atoms with Crippen LogP contribution in [0.1, 0.15) is 30.7 Å². The van der Waals surface area contributed by atoms with E-state index in [0.717, 1.165) is 6.54 Å². The lowest BCUT2D eigenvalue weighted by atomic mass is 9.86. The highest BCUT2D eigenvalue weighted by Crippen LogP contribution is 2.27. The molecule has 0 aromatic carbocycles. The Morgan fingerprint density at radius 3 is 2.75 bits per heavy atom. The Morgan fingerprint density at radius 1 is 1.44 bits per heavy atom. The van der Waals surface area contributed by atoms with E-state index in [1.807, 2.05) is 11.6 Å². The molecule has 0 saturated heterocycles.